The molecule has 2 unspecified atom stereocenters. The molecule has 0 aliphatic carbocycles. The van der Waals surface area contributed by atoms with Crippen LogP contribution in [-0.2, 0) is 6.42 Å². The number of thioether (sulfide) groups is 1. The monoisotopic (exact) mass is 235 g/mol. The first-order valence-corrected chi connectivity index (χ1v) is 7.15. The molecule has 1 aromatic carbocycles. The van der Waals surface area contributed by atoms with Crippen LogP contribution in [0.2, 0.25) is 0 Å². The van der Waals surface area contributed by atoms with Crippen molar-refractivity contribution in [2.24, 2.45) is 5.73 Å². The molecule has 0 spiro atoms. The lowest BCUT2D eigenvalue weighted by molar-refractivity contribution is 0.609. The van der Waals surface area contributed by atoms with E-state index in [0.717, 1.165) is 6.42 Å². The van der Waals surface area contributed by atoms with E-state index in [9.17, 15) is 0 Å². The van der Waals surface area contributed by atoms with Crippen LogP contribution in [0, 0.1) is 13.8 Å². The highest BCUT2D eigenvalue weighted by molar-refractivity contribution is 8.00. The lowest BCUT2D eigenvalue weighted by Gasteiger charge is -2.18. The standard InChI is InChI=1S/C14H21NS/c1-10-5-6-12(8-11(10)2)9-13(15)14-4-3-7-16-14/h5-6,8,13-14H,3-4,7,9,15H2,1-2H3. The molecular formula is C14H21NS. The SMILES string of the molecule is Cc1ccc(CC(N)C2CCCS2)cc1C. The van der Waals surface area contributed by atoms with Gasteiger partial charge in [0, 0.05) is 11.3 Å². The summed E-state index contributed by atoms with van der Waals surface area (Å²) >= 11 is 2.05. The van der Waals surface area contributed by atoms with Crippen LogP contribution in [0.5, 0.6) is 0 Å². The molecule has 0 radical (unpaired) electrons. The molecule has 0 saturated carbocycles. The molecule has 1 heterocycles. The van der Waals surface area contributed by atoms with Gasteiger partial charge in [-0.2, -0.15) is 11.8 Å². The van der Waals surface area contributed by atoms with Gasteiger partial charge in [0.15, 0.2) is 0 Å². The van der Waals surface area contributed by atoms with Crippen LogP contribution >= 0.6 is 11.8 Å². The van der Waals surface area contributed by atoms with Crippen molar-refractivity contribution in [2.75, 3.05) is 5.75 Å². The van der Waals surface area contributed by atoms with Crippen molar-refractivity contribution in [3.8, 4) is 0 Å². The Labute approximate surface area is 103 Å². The zero-order valence-electron chi connectivity index (χ0n) is 10.2. The van der Waals surface area contributed by atoms with Gasteiger partial charge >= 0.3 is 0 Å². The molecule has 0 aromatic heterocycles. The van der Waals surface area contributed by atoms with E-state index in [-0.39, 0.29) is 0 Å². The predicted molar refractivity (Wildman–Crippen MR) is 73.1 cm³/mol. The third-order valence-corrected chi connectivity index (χ3v) is 5.02. The van der Waals surface area contributed by atoms with E-state index in [1.165, 1.54) is 35.3 Å². The van der Waals surface area contributed by atoms with Crippen LogP contribution in [0.25, 0.3) is 0 Å². The molecule has 1 aromatic rings. The van der Waals surface area contributed by atoms with E-state index in [4.69, 9.17) is 5.73 Å². The van der Waals surface area contributed by atoms with Gasteiger partial charge in [-0.25, -0.2) is 0 Å². The average molecular weight is 235 g/mol. The molecule has 2 N–H and O–H groups in total. The maximum absolute atomic E-state index is 6.28. The minimum atomic E-state index is 0.328. The molecule has 1 nitrogen and oxygen atoms in total. The highest BCUT2D eigenvalue weighted by atomic mass is 32.2. The zero-order chi connectivity index (χ0) is 11.5. The second kappa shape index (κ2) is 5.24. The molecule has 16 heavy (non-hydrogen) atoms. The van der Waals surface area contributed by atoms with E-state index in [1.54, 1.807) is 0 Å². The van der Waals surface area contributed by atoms with E-state index in [0.29, 0.717) is 11.3 Å². The second-order valence-corrected chi connectivity index (χ2v) is 6.19. The Balaban J connectivity index is 1.99. The highest BCUT2D eigenvalue weighted by Crippen LogP contribution is 2.29. The van der Waals surface area contributed by atoms with E-state index in [2.05, 4.69) is 43.8 Å². The molecular weight excluding hydrogens is 214 g/mol. The van der Waals surface area contributed by atoms with Crippen molar-refractivity contribution in [3.05, 3.63) is 34.9 Å². The fourth-order valence-electron chi connectivity index (χ4n) is 2.27. The Morgan fingerprint density at radius 2 is 2.19 bits per heavy atom. The minimum absolute atomic E-state index is 0.328. The summed E-state index contributed by atoms with van der Waals surface area (Å²) in [5.41, 5.74) is 10.4. The number of hydrogen-bond acceptors (Lipinski definition) is 2. The fraction of sp³-hybridized carbons (Fsp3) is 0.571. The third-order valence-electron chi connectivity index (χ3n) is 3.49. The van der Waals surface area contributed by atoms with Gasteiger partial charge in [-0.3, -0.25) is 0 Å². The number of rotatable bonds is 3. The molecule has 88 valence electrons. The van der Waals surface area contributed by atoms with E-state index >= 15 is 0 Å². The Bertz CT molecular complexity index is 356. The van der Waals surface area contributed by atoms with Crippen LogP contribution in [-0.4, -0.2) is 17.0 Å². The van der Waals surface area contributed by atoms with Gasteiger partial charge in [0.1, 0.15) is 0 Å². The quantitative estimate of drug-likeness (QED) is 0.871. The van der Waals surface area contributed by atoms with Gasteiger partial charge in [-0.15, -0.1) is 0 Å². The smallest absolute Gasteiger partial charge is 0.0202 e. The van der Waals surface area contributed by atoms with Crippen molar-refractivity contribution in [1.29, 1.82) is 0 Å². The van der Waals surface area contributed by atoms with Crippen LogP contribution in [0.15, 0.2) is 18.2 Å². The predicted octanol–water partition coefficient (Wildman–Crippen LogP) is 3.07. The molecule has 1 aliphatic heterocycles. The maximum atomic E-state index is 6.28. The van der Waals surface area contributed by atoms with Crippen LogP contribution in [0.3, 0.4) is 0 Å². The van der Waals surface area contributed by atoms with Crippen molar-refractivity contribution >= 4 is 11.8 Å². The minimum Gasteiger partial charge on any atom is -0.326 e. The van der Waals surface area contributed by atoms with Gasteiger partial charge in [0.25, 0.3) is 0 Å². The number of aryl methyl sites for hydroxylation is 2. The number of hydrogen-bond donors (Lipinski definition) is 1. The van der Waals surface area contributed by atoms with Gasteiger partial charge in [0.05, 0.1) is 0 Å². The summed E-state index contributed by atoms with van der Waals surface area (Å²) in [5.74, 6) is 1.30. The Morgan fingerprint density at radius 1 is 1.38 bits per heavy atom. The second-order valence-electron chi connectivity index (χ2n) is 4.84. The van der Waals surface area contributed by atoms with Crippen LogP contribution < -0.4 is 5.73 Å². The van der Waals surface area contributed by atoms with Gasteiger partial charge in [-0.1, -0.05) is 18.2 Å². The molecule has 2 rings (SSSR count). The lowest BCUT2D eigenvalue weighted by Crippen LogP contribution is -2.33. The first kappa shape index (κ1) is 12.0. The van der Waals surface area contributed by atoms with E-state index in [1.807, 2.05) is 0 Å². The normalized spacial score (nSPS) is 22.3. The molecule has 1 saturated heterocycles. The number of nitrogens with two attached hydrogens (primary N) is 1. The Morgan fingerprint density at radius 3 is 2.81 bits per heavy atom. The summed E-state index contributed by atoms with van der Waals surface area (Å²) < 4.78 is 0. The van der Waals surface area contributed by atoms with Gasteiger partial charge in [-0.05, 0) is 55.6 Å². The first-order chi connectivity index (χ1) is 7.66. The average Bonchev–Trinajstić information content (AvgIpc) is 2.77. The molecule has 1 aliphatic rings. The summed E-state index contributed by atoms with van der Waals surface area (Å²) in [7, 11) is 0. The largest absolute Gasteiger partial charge is 0.326 e. The first-order valence-electron chi connectivity index (χ1n) is 6.10. The summed E-state index contributed by atoms with van der Waals surface area (Å²) in [6, 6.07) is 7.05. The van der Waals surface area contributed by atoms with Crippen molar-refractivity contribution in [3.63, 3.8) is 0 Å². The maximum Gasteiger partial charge on any atom is 0.0202 e. The van der Waals surface area contributed by atoms with Crippen LogP contribution in [0.1, 0.15) is 29.5 Å². The Hall–Kier alpha value is -0.470. The molecule has 2 heteroatoms. The summed E-state index contributed by atoms with van der Waals surface area (Å²) in [6.45, 7) is 4.33. The molecule has 1 fully saturated rings. The van der Waals surface area contributed by atoms with Gasteiger partial charge in [0.2, 0.25) is 0 Å². The third kappa shape index (κ3) is 2.80. The molecule has 2 atom stereocenters. The summed E-state index contributed by atoms with van der Waals surface area (Å²) in [5, 5.41) is 0.682. The topological polar surface area (TPSA) is 26.0 Å². The fourth-order valence-corrected chi connectivity index (χ4v) is 3.59. The highest BCUT2D eigenvalue weighted by Gasteiger charge is 2.22. The summed E-state index contributed by atoms with van der Waals surface area (Å²) in [6.07, 6.45) is 3.67. The van der Waals surface area contributed by atoms with Gasteiger partial charge < -0.3 is 5.73 Å². The lowest BCUT2D eigenvalue weighted by atomic mass is 9.98. The summed E-state index contributed by atoms with van der Waals surface area (Å²) in [4.78, 5) is 0. The van der Waals surface area contributed by atoms with Crippen molar-refractivity contribution < 1.29 is 0 Å². The Kier molecular flexibility index (Phi) is 3.93. The van der Waals surface area contributed by atoms with Crippen LogP contribution in [0.4, 0.5) is 0 Å². The van der Waals surface area contributed by atoms with Crippen molar-refractivity contribution in [1.82, 2.24) is 0 Å². The molecule has 0 bridgehead atoms. The zero-order valence-corrected chi connectivity index (χ0v) is 11.0. The number of benzene rings is 1. The molecule has 0 amide bonds. The van der Waals surface area contributed by atoms with E-state index < -0.39 is 0 Å². The van der Waals surface area contributed by atoms with Crippen molar-refractivity contribution in [2.45, 2.75) is 44.4 Å².